The summed E-state index contributed by atoms with van der Waals surface area (Å²) in [6.07, 6.45) is 1.66. The molecule has 0 aliphatic rings. The fourth-order valence-corrected chi connectivity index (χ4v) is 5.64. The van der Waals surface area contributed by atoms with Gasteiger partial charge in [-0.1, -0.05) is 42.5 Å². The minimum Gasteiger partial charge on any atom is -0.497 e. The molecule has 8 nitrogen and oxygen atoms in total. The van der Waals surface area contributed by atoms with Crippen molar-refractivity contribution in [2.24, 2.45) is 0 Å². The normalized spacial score (nSPS) is 11.0. The van der Waals surface area contributed by atoms with Crippen LogP contribution in [0, 0.1) is 6.92 Å². The molecular weight excluding hydrogens is 605 g/mol. The number of thioether (sulfide) groups is 1. The number of aromatic nitrogens is 1. The first-order valence-corrected chi connectivity index (χ1v) is 15.8. The molecule has 45 heavy (non-hydrogen) atoms. The number of hydrogen-bond acceptors (Lipinski definition) is 7. The number of ether oxygens (including phenoxy) is 1. The summed E-state index contributed by atoms with van der Waals surface area (Å²) < 4.78 is 5.20. The van der Waals surface area contributed by atoms with Crippen LogP contribution in [0.1, 0.15) is 21.5 Å². The largest absolute Gasteiger partial charge is 0.497 e. The van der Waals surface area contributed by atoms with Crippen molar-refractivity contribution in [2.75, 3.05) is 23.5 Å². The zero-order chi connectivity index (χ0) is 31.6. The van der Waals surface area contributed by atoms with Crippen LogP contribution >= 0.6 is 23.1 Å². The molecule has 1 heterocycles. The van der Waals surface area contributed by atoms with Crippen molar-refractivity contribution in [1.82, 2.24) is 10.3 Å². The Morgan fingerprint density at radius 2 is 1.58 bits per heavy atom. The number of nitrogens with zero attached hydrogens (tertiary/aromatic N) is 1. The highest BCUT2D eigenvalue weighted by Gasteiger charge is 2.16. The standard InChI is InChI=1S/C35H30N4O4S2/c1-23-8-6-7-11-26(23)20-30(37-33(41)25-9-4-3-5-10-25)34(42)36-27-14-18-29(19-15-27)44-22-32(40)39-35-38-31(21-45-35)24-12-16-28(43-2)17-13-24/h3-21H,22H2,1-2H3,(H,36,42)(H,37,41)(H,38,39,40)/b30-20-. The van der Waals surface area contributed by atoms with Crippen LogP contribution in [0.2, 0.25) is 0 Å². The van der Waals surface area contributed by atoms with E-state index in [-0.39, 0.29) is 23.3 Å². The number of nitrogens with one attached hydrogen (secondary N) is 3. The number of carbonyl (C=O) groups is 3. The van der Waals surface area contributed by atoms with Gasteiger partial charge in [-0.3, -0.25) is 14.4 Å². The first kappa shape index (κ1) is 31.2. The third kappa shape index (κ3) is 8.69. The molecule has 10 heteroatoms. The number of amides is 3. The second-order valence-corrected chi connectivity index (χ2v) is 11.7. The molecule has 3 N–H and O–H groups in total. The number of carbonyl (C=O) groups excluding carboxylic acids is 3. The molecule has 1 aromatic heterocycles. The average Bonchev–Trinajstić information content (AvgIpc) is 3.53. The third-order valence-corrected chi connectivity index (χ3v) is 8.41. The van der Waals surface area contributed by atoms with Crippen LogP contribution in [0.25, 0.3) is 17.3 Å². The van der Waals surface area contributed by atoms with Gasteiger partial charge in [0.15, 0.2) is 5.13 Å². The molecule has 0 spiro atoms. The van der Waals surface area contributed by atoms with Gasteiger partial charge in [-0.2, -0.15) is 0 Å². The van der Waals surface area contributed by atoms with Crippen LogP contribution in [-0.4, -0.2) is 35.6 Å². The van der Waals surface area contributed by atoms with Gasteiger partial charge in [0.25, 0.3) is 11.8 Å². The van der Waals surface area contributed by atoms with Crippen molar-refractivity contribution in [1.29, 1.82) is 0 Å². The monoisotopic (exact) mass is 634 g/mol. The number of hydrogen-bond donors (Lipinski definition) is 3. The Morgan fingerprint density at radius 1 is 0.867 bits per heavy atom. The van der Waals surface area contributed by atoms with E-state index in [1.54, 1.807) is 49.6 Å². The molecule has 3 amide bonds. The molecule has 0 unspecified atom stereocenters. The first-order valence-electron chi connectivity index (χ1n) is 14.0. The Bertz CT molecular complexity index is 1820. The van der Waals surface area contributed by atoms with Gasteiger partial charge in [-0.15, -0.1) is 23.1 Å². The van der Waals surface area contributed by atoms with Gasteiger partial charge in [0.2, 0.25) is 5.91 Å². The van der Waals surface area contributed by atoms with Crippen LogP contribution in [-0.2, 0) is 9.59 Å². The van der Waals surface area contributed by atoms with Crippen molar-refractivity contribution in [2.45, 2.75) is 11.8 Å². The zero-order valence-corrected chi connectivity index (χ0v) is 26.2. The van der Waals surface area contributed by atoms with E-state index >= 15 is 0 Å². The fraction of sp³-hybridized carbons (Fsp3) is 0.0857. The summed E-state index contributed by atoms with van der Waals surface area (Å²) >= 11 is 2.73. The molecule has 0 bridgehead atoms. The number of rotatable bonds is 11. The highest BCUT2D eigenvalue weighted by Crippen LogP contribution is 2.27. The summed E-state index contributed by atoms with van der Waals surface area (Å²) in [5.74, 6) is -0.0573. The van der Waals surface area contributed by atoms with E-state index in [2.05, 4.69) is 20.9 Å². The SMILES string of the molecule is COc1ccc(-c2csc(NC(=O)CSc3ccc(NC(=O)/C(=C/c4ccccc4C)NC(=O)c4ccccc4)cc3)n2)cc1. The van der Waals surface area contributed by atoms with Gasteiger partial charge in [0, 0.05) is 27.1 Å². The second kappa shape index (κ2) is 15.0. The number of aryl methyl sites for hydroxylation is 1. The van der Waals surface area contributed by atoms with Gasteiger partial charge in [0.1, 0.15) is 11.4 Å². The summed E-state index contributed by atoms with van der Waals surface area (Å²) in [7, 11) is 1.62. The molecule has 5 aromatic rings. The van der Waals surface area contributed by atoms with E-state index < -0.39 is 5.91 Å². The zero-order valence-electron chi connectivity index (χ0n) is 24.6. The molecule has 0 fully saturated rings. The van der Waals surface area contributed by atoms with Crippen molar-refractivity contribution in [3.8, 4) is 17.0 Å². The maximum absolute atomic E-state index is 13.3. The Balaban J connectivity index is 1.18. The van der Waals surface area contributed by atoms with E-state index in [1.165, 1.54) is 23.1 Å². The second-order valence-electron chi connectivity index (χ2n) is 9.82. The van der Waals surface area contributed by atoms with E-state index in [0.717, 1.165) is 33.0 Å². The quantitative estimate of drug-likeness (QED) is 0.104. The summed E-state index contributed by atoms with van der Waals surface area (Å²) in [5.41, 5.74) is 4.60. The lowest BCUT2D eigenvalue weighted by Gasteiger charge is -2.12. The van der Waals surface area contributed by atoms with Gasteiger partial charge in [-0.25, -0.2) is 4.98 Å². The molecule has 0 aliphatic heterocycles. The van der Waals surface area contributed by atoms with Crippen molar-refractivity contribution in [3.05, 3.63) is 131 Å². The predicted molar refractivity (Wildman–Crippen MR) is 182 cm³/mol. The average molecular weight is 635 g/mol. The van der Waals surface area contributed by atoms with Crippen LogP contribution in [0.4, 0.5) is 10.8 Å². The molecule has 0 saturated carbocycles. The maximum atomic E-state index is 13.3. The van der Waals surface area contributed by atoms with Gasteiger partial charge >= 0.3 is 0 Å². The molecule has 226 valence electrons. The Kier molecular flexibility index (Phi) is 10.4. The van der Waals surface area contributed by atoms with E-state index in [0.29, 0.717) is 16.4 Å². The molecule has 0 aliphatic carbocycles. The molecule has 5 rings (SSSR count). The summed E-state index contributed by atoms with van der Waals surface area (Å²) in [6.45, 7) is 1.94. The first-order chi connectivity index (χ1) is 21.9. The minimum atomic E-state index is -0.459. The Morgan fingerprint density at radius 3 is 2.29 bits per heavy atom. The predicted octanol–water partition coefficient (Wildman–Crippen LogP) is 7.27. The summed E-state index contributed by atoms with van der Waals surface area (Å²) in [4.78, 5) is 44.2. The van der Waals surface area contributed by atoms with Crippen LogP contribution in [0.15, 0.2) is 119 Å². The fourth-order valence-electron chi connectivity index (χ4n) is 4.21. The topological polar surface area (TPSA) is 109 Å². The van der Waals surface area contributed by atoms with Crippen molar-refractivity contribution < 1.29 is 19.1 Å². The highest BCUT2D eigenvalue weighted by atomic mass is 32.2. The van der Waals surface area contributed by atoms with E-state index in [9.17, 15) is 14.4 Å². The maximum Gasteiger partial charge on any atom is 0.272 e. The Labute approximate surface area is 269 Å². The van der Waals surface area contributed by atoms with Crippen LogP contribution < -0.4 is 20.7 Å². The molecular formula is C35H30N4O4S2. The van der Waals surface area contributed by atoms with E-state index in [1.807, 2.05) is 79.0 Å². The number of methoxy groups -OCH3 is 1. The van der Waals surface area contributed by atoms with E-state index in [4.69, 9.17) is 4.74 Å². The van der Waals surface area contributed by atoms with Gasteiger partial charge < -0.3 is 20.7 Å². The van der Waals surface area contributed by atoms with Crippen LogP contribution in [0.5, 0.6) is 5.75 Å². The summed E-state index contributed by atoms with van der Waals surface area (Å²) in [6, 6.07) is 31.1. The summed E-state index contributed by atoms with van der Waals surface area (Å²) in [5, 5.41) is 10.9. The lowest BCUT2D eigenvalue weighted by molar-refractivity contribution is -0.114. The number of anilines is 2. The molecule has 4 aromatic carbocycles. The molecule has 0 radical (unpaired) electrons. The minimum absolute atomic E-state index is 0.116. The van der Waals surface area contributed by atoms with Crippen LogP contribution in [0.3, 0.4) is 0 Å². The smallest absolute Gasteiger partial charge is 0.272 e. The molecule has 0 saturated heterocycles. The number of thiazole rings is 1. The lowest BCUT2D eigenvalue weighted by Crippen LogP contribution is -2.30. The number of benzene rings is 4. The van der Waals surface area contributed by atoms with Crippen molar-refractivity contribution >= 4 is 57.7 Å². The lowest BCUT2D eigenvalue weighted by atomic mass is 10.1. The Hall–Kier alpha value is -5.19. The molecule has 0 atom stereocenters. The van der Waals surface area contributed by atoms with Gasteiger partial charge in [-0.05, 0) is 84.8 Å². The highest BCUT2D eigenvalue weighted by molar-refractivity contribution is 8.00. The third-order valence-electron chi connectivity index (χ3n) is 6.64. The van der Waals surface area contributed by atoms with Crippen molar-refractivity contribution in [3.63, 3.8) is 0 Å². The van der Waals surface area contributed by atoms with Gasteiger partial charge in [0.05, 0.1) is 18.6 Å².